The van der Waals surface area contributed by atoms with Crippen molar-refractivity contribution < 1.29 is 45.8 Å². The number of hydrogen-bond donors (Lipinski definition) is 4. The van der Waals surface area contributed by atoms with Gasteiger partial charge in [-0.3, -0.25) is 0 Å². The molecule has 1 atom stereocenters. The van der Waals surface area contributed by atoms with Gasteiger partial charge in [0.25, 0.3) is 10.0 Å². The summed E-state index contributed by atoms with van der Waals surface area (Å²) in [4.78, 5) is 32.2. The van der Waals surface area contributed by atoms with Crippen molar-refractivity contribution in [3.8, 4) is 17.1 Å². The van der Waals surface area contributed by atoms with Crippen molar-refractivity contribution in [3.63, 3.8) is 0 Å². The summed E-state index contributed by atoms with van der Waals surface area (Å²) < 4.78 is 82.9. The zero-order valence-electron chi connectivity index (χ0n) is 30.9. The summed E-state index contributed by atoms with van der Waals surface area (Å²) in [5.74, 6) is -1.78. The average molecular weight is 764 g/mol. The number of aromatic carboxylic acids is 1. The molecule has 1 heterocycles. The molecule has 0 radical (unpaired) electrons. The van der Waals surface area contributed by atoms with Gasteiger partial charge in [-0.1, -0.05) is 38.1 Å². The van der Waals surface area contributed by atoms with E-state index in [4.69, 9.17) is 9.47 Å². The Kier molecular flexibility index (Phi) is 12.7. The van der Waals surface area contributed by atoms with Crippen LogP contribution in [0.15, 0.2) is 53.4 Å². The second kappa shape index (κ2) is 16.3. The number of hydrogen-bond acceptors (Lipinski definition) is 9. The van der Waals surface area contributed by atoms with Crippen LogP contribution in [0, 0.1) is 19.3 Å². The molecule has 4 N–H and O–H groups in total. The van der Waals surface area contributed by atoms with Gasteiger partial charge in [-0.05, 0) is 96.0 Å². The third-order valence-corrected chi connectivity index (χ3v) is 10.3. The number of alkyl carbamates (subject to hydrolysis) is 1. The molecule has 2 aromatic carbocycles. The molecule has 1 fully saturated rings. The van der Waals surface area contributed by atoms with E-state index < -0.39 is 45.3 Å². The van der Waals surface area contributed by atoms with E-state index in [0.717, 1.165) is 31.0 Å². The van der Waals surface area contributed by atoms with Crippen molar-refractivity contribution in [2.45, 2.75) is 115 Å². The highest BCUT2D eigenvalue weighted by Gasteiger charge is 2.48. The Balaban J connectivity index is 1.60. The van der Waals surface area contributed by atoms with Crippen molar-refractivity contribution in [1.29, 1.82) is 0 Å². The first-order valence-corrected chi connectivity index (χ1v) is 18.8. The van der Waals surface area contributed by atoms with Crippen LogP contribution in [0.5, 0.6) is 5.88 Å². The van der Waals surface area contributed by atoms with Crippen LogP contribution in [0.3, 0.4) is 0 Å². The lowest BCUT2D eigenvalue weighted by Gasteiger charge is -2.36. The number of nitrogens with zero attached hydrogens (tertiary/aromatic N) is 2. The lowest BCUT2D eigenvalue weighted by molar-refractivity contribution is -0.216. The molecular weight excluding hydrogens is 715 g/mol. The number of amides is 1. The number of halogens is 3. The first-order chi connectivity index (χ1) is 24.5. The number of anilines is 1. The Morgan fingerprint density at radius 1 is 0.925 bits per heavy atom. The normalized spacial score (nSPS) is 17.5. The summed E-state index contributed by atoms with van der Waals surface area (Å²) in [5.41, 5.74) is -0.346. The highest BCUT2D eigenvalue weighted by atomic mass is 32.2. The van der Waals surface area contributed by atoms with Crippen LogP contribution in [0.25, 0.3) is 11.3 Å². The molecule has 1 aliphatic rings. The molecule has 1 aliphatic carbocycles. The Morgan fingerprint density at radius 2 is 1.53 bits per heavy atom. The van der Waals surface area contributed by atoms with E-state index in [9.17, 15) is 36.3 Å². The van der Waals surface area contributed by atoms with Gasteiger partial charge in [-0.15, -0.1) is 0 Å². The van der Waals surface area contributed by atoms with Crippen molar-refractivity contribution in [2.75, 3.05) is 11.3 Å². The SMILES string of the molecule is Cc1cccc(C)c1-c1cc(OC[C@@H](CC(C)(C)C(F)(F)F)NC2CCC(NC(=O)OC(C)(C)C)CC2)nc(NS(=O)(=O)c2cccc(C(=O)O)c2)n1. The van der Waals surface area contributed by atoms with Gasteiger partial charge < -0.3 is 25.2 Å². The van der Waals surface area contributed by atoms with Crippen molar-refractivity contribution in [3.05, 3.63) is 65.2 Å². The zero-order chi connectivity index (χ0) is 39.4. The number of aryl methyl sites for hydroxylation is 2. The molecule has 1 saturated carbocycles. The maximum Gasteiger partial charge on any atom is 0.407 e. The van der Waals surface area contributed by atoms with Crippen LogP contribution in [0.1, 0.15) is 88.2 Å². The Bertz CT molecular complexity index is 1870. The largest absolute Gasteiger partial charge is 0.478 e. The molecule has 4 rings (SSSR count). The molecule has 12 nitrogen and oxygen atoms in total. The van der Waals surface area contributed by atoms with Gasteiger partial charge in [-0.25, -0.2) is 27.7 Å². The van der Waals surface area contributed by atoms with E-state index in [-0.39, 0.29) is 47.4 Å². The lowest BCUT2D eigenvalue weighted by atomic mass is 9.84. The van der Waals surface area contributed by atoms with Gasteiger partial charge in [0.2, 0.25) is 11.8 Å². The van der Waals surface area contributed by atoms with Crippen molar-refractivity contribution in [2.24, 2.45) is 5.41 Å². The fraction of sp³-hybridized carbons (Fsp3) is 0.514. The minimum atomic E-state index is -4.50. The van der Waals surface area contributed by atoms with E-state index in [1.165, 1.54) is 24.3 Å². The smallest absolute Gasteiger partial charge is 0.407 e. The number of sulfonamides is 1. The molecule has 0 aliphatic heterocycles. The van der Waals surface area contributed by atoms with E-state index in [1.807, 2.05) is 32.0 Å². The minimum Gasteiger partial charge on any atom is -0.478 e. The van der Waals surface area contributed by atoms with Crippen LogP contribution >= 0.6 is 0 Å². The number of carbonyl (C=O) groups excluding carboxylic acids is 1. The molecule has 290 valence electrons. The highest BCUT2D eigenvalue weighted by Crippen LogP contribution is 2.41. The van der Waals surface area contributed by atoms with Gasteiger partial charge in [-0.2, -0.15) is 18.2 Å². The second-order valence-corrected chi connectivity index (χ2v) is 16.8. The standard InChI is InChI=1S/C37H48F3N5O7S/c1-22-10-8-11-23(2)31(22)29-19-30(44-33(43-29)45-53(49,50)28-13-9-12-24(18-28)32(46)47)51-21-27(20-36(6,7)37(38,39)40)41-25-14-16-26(17-15-25)42-34(48)52-35(3,4)5/h8-13,18-19,25-27,41H,14-17,20-21H2,1-7H3,(H,42,48)(H,46,47)(H,43,44,45)/t25?,26?,27-/m1/s1. The van der Waals surface area contributed by atoms with Gasteiger partial charge in [0, 0.05) is 29.8 Å². The Morgan fingerprint density at radius 3 is 2.11 bits per heavy atom. The topological polar surface area (TPSA) is 169 Å². The molecule has 53 heavy (non-hydrogen) atoms. The Hall–Kier alpha value is -4.44. The number of aromatic nitrogens is 2. The van der Waals surface area contributed by atoms with E-state index in [1.54, 1.807) is 20.8 Å². The Labute approximate surface area is 308 Å². The van der Waals surface area contributed by atoms with Crippen LogP contribution in [0.2, 0.25) is 0 Å². The second-order valence-electron chi connectivity index (χ2n) is 15.1. The third kappa shape index (κ3) is 11.5. The van der Waals surface area contributed by atoms with Crippen LogP contribution in [-0.2, 0) is 14.8 Å². The zero-order valence-corrected chi connectivity index (χ0v) is 31.7. The fourth-order valence-electron chi connectivity index (χ4n) is 6.16. The predicted octanol–water partition coefficient (Wildman–Crippen LogP) is 7.41. The van der Waals surface area contributed by atoms with Gasteiger partial charge in [0.15, 0.2) is 0 Å². The summed E-state index contributed by atoms with van der Waals surface area (Å²) in [6, 6.07) is 10.7. The van der Waals surface area contributed by atoms with Gasteiger partial charge in [0.1, 0.15) is 12.2 Å². The molecule has 0 saturated heterocycles. The van der Waals surface area contributed by atoms with E-state index in [2.05, 4.69) is 25.3 Å². The highest BCUT2D eigenvalue weighted by molar-refractivity contribution is 7.92. The number of benzene rings is 2. The molecule has 0 bridgehead atoms. The molecule has 1 amide bonds. The summed E-state index contributed by atoms with van der Waals surface area (Å²) in [6.07, 6.45) is -3.00. The van der Waals surface area contributed by atoms with Crippen LogP contribution in [0.4, 0.5) is 23.9 Å². The van der Waals surface area contributed by atoms with E-state index >= 15 is 0 Å². The fourth-order valence-corrected chi connectivity index (χ4v) is 7.15. The maximum atomic E-state index is 14.1. The summed E-state index contributed by atoms with van der Waals surface area (Å²) >= 11 is 0. The van der Waals surface area contributed by atoms with Crippen molar-refractivity contribution in [1.82, 2.24) is 20.6 Å². The van der Waals surface area contributed by atoms with Crippen LogP contribution in [-0.4, -0.2) is 72.1 Å². The molecule has 0 spiro atoms. The number of carbonyl (C=O) groups is 2. The summed E-state index contributed by atoms with van der Waals surface area (Å²) in [7, 11) is -4.38. The lowest BCUT2D eigenvalue weighted by Crippen LogP contribution is -2.50. The minimum absolute atomic E-state index is 0.0866. The quantitative estimate of drug-likeness (QED) is 0.138. The summed E-state index contributed by atoms with van der Waals surface area (Å²) in [6.45, 7) is 11.0. The number of carboxylic acids is 1. The molecular formula is C37H48F3N5O7S. The van der Waals surface area contributed by atoms with Crippen LogP contribution < -0.4 is 20.1 Å². The molecule has 16 heteroatoms. The van der Waals surface area contributed by atoms with Gasteiger partial charge in [0.05, 0.1) is 21.6 Å². The number of nitrogens with one attached hydrogen (secondary N) is 3. The number of rotatable bonds is 13. The monoisotopic (exact) mass is 763 g/mol. The molecule has 0 unspecified atom stereocenters. The maximum absolute atomic E-state index is 14.1. The molecule has 3 aromatic rings. The number of carboxylic acid groups (broad SMARTS) is 1. The van der Waals surface area contributed by atoms with Gasteiger partial charge >= 0.3 is 18.2 Å². The first kappa shape index (κ1) is 41.3. The predicted molar refractivity (Wildman–Crippen MR) is 193 cm³/mol. The average Bonchev–Trinajstić information content (AvgIpc) is 3.03. The molecule has 1 aromatic heterocycles. The van der Waals surface area contributed by atoms with E-state index in [0.29, 0.717) is 36.9 Å². The number of alkyl halides is 3. The van der Waals surface area contributed by atoms with Crippen molar-refractivity contribution >= 4 is 28.0 Å². The number of ether oxygens (including phenoxy) is 2. The third-order valence-electron chi connectivity index (χ3n) is 8.93. The summed E-state index contributed by atoms with van der Waals surface area (Å²) in [5, 5.41) is 15.6. The first-order valence-electron chi connectivity index (χ1n) is 17.3.